The van der Waals surface area contributed by atoms with E-state index in [2.05, 4.69) is 28.7 Å². The van der Waals surface area contributed by atoms with E-state index in [-0.39, 0.29) is 12.0 Å². The Labute approximate surface area is 148 Å². The summed E-state index contributed by atoms with van der Waals surface area (Å²) in [5.41, 5.74) is 1.45. The average Bonchev–Trinajstić information content (AvgIpc) is 2.60. The molecule has 138 valence electrons. The van der Waals surface area contributed by atoms with Crippen LogP contribution in [0, 0.1) is 11.8 Å². The summed E-state index contributed by atoms with van der Waals surface area (Å²) < 4.78 is 5.23. The Morgan fingerprint density at radius 3 is 2.48 bits per heavy atom. The van der Waals surface area contributed by atoms with Gasteiger partial charge in [-0.2, -0.15) is 0 Å². The molecule has 1 aromatic rings. The number of hydrogen-bond donors (Lipinski definition) is 0. The average molecular weight is 350 g/mol. The Morgan fingerprint density at radius 1 is 1.08 bits per heavy atom. The second-order valence-corrected chi connectivity index (χ2v) is 6.64. The van der Waals surface area contributed by atoms with Crippen LogP contribution in [0.3, 0.4) is 0 Å². The van der Waals surface area contributed by atoms with Crippen LogP contribution in [-0.4, -0.2) is 18.2 Å². The van der Waals surface area contributed by atoms with Gasteiger partial charge in [-0.05, 0) is 48.8 Å². The van der Waals surface area contributed by atoms with Crippen LogP contribution >= 0.6 is 0 Å². The number of ether oxygens (including phenoxy) is 1. The topological polar surface area (TPSA) is 71.1 Å². The summed E-state index contributed by atoms with van der Waals surface area (Å²) in [6.07, 6.45) is 3.69. The van der Waals surface area contributed by atoms with Crippen LogP contribution in [0.2, 0.25) is 0 Å². The van der Waals surface area contributed by atoms with Crippen LogP contribution < -0.4 is 0 Å². The molecule has 0 aliphatic heterocycles. The molecule has 0 saturated heterocycles. The number of carbonyl (C=O) groups is 2. The van der Waals surface area contributed by atoms with Crippen LogP contribution in [0.15, 0.2) is 24.3 Å². The summed E-state index contributed by atoms with van der Waals surface area (Å²) in [6, 6.07) is 6.97. The molecule has 1 aromatic carbocycles. The number of carbonyl (C=O) groups excluding carboxylic acids is 2. The van der Waals surface area contributed by atoms with E-state index in [1.54, 1.807) is 12.1 Å². The number of benzene rings is 1. The number of hydrogen-bond acceptors (Lipinski definition) is 6. The maximum atomic E-state index is 11.8. The Kier molecular flexibility index (Phi) is 7.25. The van der Waals surface area contributed by atoms with Crippen molar-refractivity contribution in [2.45, 2.75) is 59.0 Å². The lowest BCUT2D eigenvalue weighted by atomic mass is 9.79. The third kappa shape index (κ3) is 5.74. The largest absolute Gasteiger partial charge is 0.543 e. The molecule has 25 heavy (non-hydrogen) atoms. The van der Waals surface area contributed by atoms with Crippen molar-refractivity contribution in [2.24, 2.45) is 11.8 Å². The highest BCUT2D eigenvalue weighted by Gasteiger charge is 2.30. The van der Waals surface area contributed by atoms with E-state index in [1.807, 2.05) is 19.1 Å². The molecule has 0 bridgehead atoms. The Bertz CT molecular complexity index is 568. The summed E-state index contributed by atoms with van der Waals surface area (Å²) in [7, 11) is 0. The van der Waals surface area contributed by atoms with E-state index in [0.717, 1.165) is 37.7 Å². The molecule has 1 aliphatic carbocycles. The van der Waals surface area contributed by atoms with Gasteiger partial charge in [-0.1, -0.05) is 45.7 Å². The molecule has 3 atom stereocenters. The Balaban J connectivity index is 1.72. The molecule has 1 saturated carbocycles. The predicted molar refractivity (Wildman–Crippen MR) is 90.5 cm³/mol. The first-order valence-corrected chi connectivity index (χ1v) is 8.86. The molecule has 0 radical (unpaired) electrons. The van der Waals surface area contributed by atoms with Gasteiger partial charge in [-0.15, -0.1) is 0 Å². The normalized spacial score (nSPS) is 22.9. The summed E-state index contributed by atoms with van der Waals surface area (Å²) in [5, 5.41) is 4.27. The molecule has 0 heterocycles. The molecule has 1 fully saturated rings. The van der Waals surface area contributed by atoms with Gasteiger partial charge in [0.25, 0.3) is 0 Å². The Hall–Kier alpha value is -2.08. The molecule has 0 N–H and O–H groups in total. The lowest BCUT2D eigenvalue weighted by molar-refractivity contribution is -0.453. The molecule has 0 aromatic heterocycles. The zero-order chi connectivity index (χ0) is 18.2. The molecule has 6 nitrogen and oxygen atoms in total. The fourth-order valence-corrected chi connectivity index (χ4v) is 3.06. The third-order valence-corrected chi connectivity index (χ3v) is 4.82. The highest BCUT2D eigenvalue weighted by Crippen LogP contribution is 2.31. The van der Waals surface area contributed by atoms with Gasteiger partial charge in [0, 0.05) is 0 Å². The molecule has 6 heteroatoms. The smallest absolute Gasteiger partial charge is 0.429 e. The molecular weight excluding hydrogens is 324 g/mol. The number of rotatable bonds is 6. The standard InChI is InChI=1S/C19H26O6/c1-4-6-15-9-11-16(12-10-15)18(20)23-25-24-19(21)22-17-8-5-7-13(2)14(17)3/h9-14,17H,4-8H2,1-3H3. The van der Waals surface area contributed by atoms with E-state index in [9.17, 15) is 9.59 Å². The first-order chi connectivity index (χ1) is 12.0. The van der Waals surface area contributed by atoms with Gasteiger partial charge in [-0.25, -0.2) is 14.5 Å². The minimum atomic E-state index is -1.00. The van der Waals surface area contributed by atoms with Crippen LogP contribution in [0.25, 0.3) is 0 Å². The second-order valence-electron chi connectivity index (χ2n) is 6.64. The lowest BCUT2D eigenvalue weighted by Crippen LogP contribution is -2.33. The lowest BCUT2D eigenvalue weighted by Gasteiger charge is -2.32. The van der Waals surface area contributed by atoms with Crippen LogP contribution in [-0.2, 0) is 26.0 Å². The van der Waals surface area contributed by atoms with Gasteiger partial charge in [0.15, 0.2) is 0 Å². The van der Waals surface area contributed by atoms with Crippen LogP contribution in [0.4, 0.5) is 4.79 Å². The van der Waals surface area contributed by atoms with Crippen molar-refractivity contribution in [1.82, 2.24) is 0 Å². The summed E-state index contributed by atoms with van der Waals surface area (Å²) in [4.78, 5) is 32.3. The van der Waals surface area contributed by atoms with Gasteiger partial charge in [0.05, 0.1) is 10.6 Å². The molecule has 0 spiro atoms. The van der Waals surface area contributed by atoms with Crippen LogP contribution in [0.5, 0.6) is 0 Å². The summed E-state index contributed by atoms with van der Waals surface area (Å²) in [6.45, 7) is 6.27. The molecule has 2 rings (SSSR count). The minimum absolute atomic E-state index is 0.207. The van der Waals surface area contributed by atoms with E-state index < -0.39 is 12.1 Å². The first-order valence-electron chi connectivity index (χ1n) is 8.86. The van der Waals surface area contributed by atoms with Crippen LogP contribution in [0.1, 0.15) is 62.4 Å². The van der Waals surface area contributed by atoms with Crippen molar-refractivity contribution >= 4 is 12.1 Å². The van der Waals surface area contributed by atoms with Crippen molar-refractivity contribution in [1.29, 1.82) is 0 Å². The minimum Gasteiger partial charge on any atom is -0.429 e. The van der Waals surface area contributed by atoms with Crippen molar-refractivity contribution < 1.29 is 29.1 Å². The van der Waals surface area contributed by atoms with Crippen molar-refractivity contribution in [3.8, 4) is 0 Å². The van der Waals surface area contributed by atoms with Crippen molar-refractivity contribution in [2.75, 3.05) is 0 Å². The SMILES string of the molecule is CCCc1ccc(C(=O)OOOC(=O)OC2CCCC(C)C2C)cc1. The zero-order valence-corrected chi connectivity index (χ0v) is 15.0. The highest BCUT2D eigenvalue weighted by atomic mass is 17.5. The fourth-order valence-electron chi connectivity index (χ4n) is 3.06. The Morgan fingerprint density at radius 2 is 1.80 bits per heavy atom. The van der Waals surface area contributed by atoms with E-state index >= 15 is 0 Å². The number of aryl methyl sites for hydroxylation is 1. The monoisotopic (exact) mass is 350 g/mol. The maximum absolute atomic E-state index is 11.8. The van der Waals surface area contributed by atoms with E-state index in [1.165, 1.54) is 0 Å². The van der Waals surface area contributed by atoms with Gasteiger partial charge < -0.3 is 4.74 Å². The van der Waals surface area contributed by atoms with E-state index in [4.69, 9.17) is 4.74 Å². The molecule has 0 amide bonds. The predicted octanol–water partition coefficient (Wildman–Crippen LogP) is 4.62. The first kappa shape index (κ1) is 19.2. The van der Waals surface area contributed by atoms with Gasteiger partial charge in [-0.3, -0.25) is 4.89 Å². The maximum Gasteiger partial charge on any atom is 0.543 e. The van der Waals surface area contributed by atoms with E-state index in [0.29, 0.717) is 11.5 Å². The summed E-state index contributed by atoms with van der Waals surface area (Å²) >= 11 is 0. The van der Waals surface area contributed by atoms with Crippen molar-refractivity contribution in [3.63, 3.8) is 0 Å². The van der Waals surface area contributed by atoms with Gasteiger partial charge in [0.1, 0.15) is 6.10 Å². The fraction of sp³-hybridized carbons (Fsp3) is 0.579. The van der Waals surface area contributed by atoms with Crippen molar-refractivity contribution in [3.05, 3.63) is 35.4 Å². The summed E-state index contributed by atoms with van der Waals surface area (Å²) in [5.74, 6) is 0.00182. The highest BCUT2D eigenvalue weighted by molar-refractivity contribution is 5.88. The third-order valence-electron chi connectivity index (χ3n) is 4.82. The molecular formula is C19H26O6. The van der Waals surface area contributed by atoms with Gasteiger partial charge in [0.2, 0.25) is 0 Å². The molecule has 3 unspecified atom stereocenters. The second kappa shape index (κ2) is 9.42. The molecule has 1 aliphatic rings. The quantitative estimate of drug-likeness (QED) is 0.423. The zero-order valence-electron chi connectivity index (χ0n) is 15.0. The van der Waals surface area contributed by atoms with Gasteiger partial charge >= 0.3 is 12.1 Å².